The Balaban J connectivity index is 2.28. The van der Waals surface area contributed by atoms with Crippen molar-refractivity contribution in [3.05, 3.63) is 46.7 Å². The lowest BCUT2D eigenvalue weighted by Crippen LogP contribution is -1.92. The van der Waals surface area contributed by atoms with Crippen molar-refractivity contribution < 1.29 is 4.74 Å². The summed E-state index contributed by atoms with van der Waals surface area (Å²) in [5, 5.41) is 0.920. The number of anilines is 1. The van der Waals surface area contributed by atoms with Gasteiger partial charge in [0.05, 0.1) is 21.9 Å². The lowest BCUT2D eigenvalue weighted by atomic mass is 10.3. The Morgan fingerprint density at radius 3 is 2.62 bits per heavy atom. The zero-order chi connectivity index (χ0) is 11.5. The number of nitrogens with two attached hydrogens (primary N) is 1. The summed E-state index contributed by atoms with van der Waals surface area (Å²) in [6.45, 7) is 0. The predicted molar refractivity (Wildman–Crippen MR) is 65.2 cm³/mol. The van der Waals surface area contributed by atoms with Crippen molar-refractivity contribution in [1.82, 2.24) is 4.98 Å². The quantitative estimate of drug-likeness (QED) is 0.888. The van der Waals surface area contributed by atoms with E-state index < -0.39 is 0 Å². The summed E-state index contributed by atoms with van der Waals surface area (Å²) in [6, 6.07) is 6.69. The zero-order valence-electron chi connectivity index (χ0n) is 8.15. The van der Waals surface area contributed by atoms with E-state index in [0.717, 1.165) is 0 Å². The van der Waals surface area contributed by atoms with Gasteiger partial charge in [-0.1, -0.05) is 23.2 Å². The smallest absolute Gasteiger partial charge is 0.153 e. The van der Waals surface area contributed by atoms with Crippen LogP contribution in [-0.4, -0.2) is 4.98 Å². The van der Waals surface area contributed by atoms with Gasteiger partial charge in [-0.3, -0.25) is 4.98 Å². The highest BCUT2D eigenvalue weighted by atomic mass is 35.5. The molecule has 16 heavy (non-hydrogen) atoms. The molecule has 0 atom stereocenters. The maximum absolute atomic E-state index is 5.86. The highest BCUT2D eigenvalue weighted by Crippen LogP contribution is 2.31. The molecular formula is C11H8Cl2N2O. The molecule has 0 unspecified atom stereocenters. The molecule has 0 aliphatic rings. The second-order valence-electron chi connectivity index (χ2n) is 3.09. The molecule has 2 N–H and O–H groups in total. The first-order chi connectivity index (χ1) is 7.66. The number of nitrogen functional groups attached to an aromatic ring is 1. The molecule has 5 heteroatoms. The van der Waals surface area contributed by atoms with E-state index in [1.165, 1.54) is 6.20 Å². The van der Waals surface area contributed by atoms with Crippen molar-refractivity contribution in [2.45, 2.75) is 0 Å². The molecule has 0 amide bonds. The van der Waals surface area contributed by atoms with Crippen LogP contribution in [0.15, 0.2) is 36.7 Å². The Bertz CT molecular complexity index is 517. The Morgan fingerprint density at radius 1 is 1.12 bits per heavy atom. The molecule has 1 aromatic heterocycles. The minimum absolute atomic E-state index is 0.437. The van der Waals surface area contributed by atoms with Gasteiger partial charge in [0.15, 0.2) is 5.75 Å². The van der Waals surface area contributed by atoms with Crippen molar-refractivity contribution in [1.29, 1.82) is 0 Å². The average Bonchev–Trinajstić information content (AvgIpc) is 2.27. The lowest BCUT2D eigenvalue weighted by molar-refractivity contribution is 0.484. The first-order valence-electron chi connectivity index (χ1n) is 4.49. The molecule has 0 radical (unpaired) electrons. The van der Waals surface area contributed by atoms with Crippen LogP contribution in [0.3, 0.4) is 0 Å². The molecule has 2 rings (SSSR count). The van der Waals surface area contributed by atoms with Gasteiger partial charge in [-0.05, 0) is 12.1 Å². The van der Waals surface area contributed by atoms with Crippen LogP contribution in [0.2, 0.25) is 10.0 Å². The monoisotopic (exact) mass is 254 g/mol. The van der Waals surface area contributed by atoms with E-state index in [4.69, 9.17) is 33.7 Å². The molecule has 0 saturated heterocycles. The second kappa shape index (κ2) is 4.60. The molecule has 0 bridgehead atoms. The van der Waals surface area contributed by atoms with Crippen molar-refractivity contribution in [3.63, 3.8) is 0 Å². The molecular weight excluding hydrogens is 247 g/mol. The van der Waals surface area contributed by atoms with Crippen molar-refractivity contribution >= 4 is 28.9 Å². The molecule has 3 nitrogen and oxygen atoms in total. The van der Waals surface area contributed by atoms with Crippen LogP contribution in [0.5, 0.6) is 11.5 Å². The van der Waals surface area contributed by atoms with E-state index >= 15 is 0 Å². The second-order valence-corrected chi connectivity index (χ2v) is 3.91. The highest BCUT2D eigenvalue weighted by Gasteiger charge is 2.04. The molecule has 82 valence electrons. The van der Waals surface area contributed by atoms with E-state index in [0.29, 0.717) is 27.2 Å². The Labute approximate surface area is 103 Å². The minimum atomic E-state index is 0.437. The fourth-order valence-electron chi connectivity index (χ4n) is 1.15. The molecule has 0 saturated carbocycles. The summed E-state index contributed by atoms with van der Waals surface area (Å²) in [7, 11) is 0. The standard InChI is InChI=1S/C11H8Cl2N2O/c12-8-2-1-7(5-9(8)13)16-11-3-4-15-6-10(11)14/h1-6H,14H2. The van der Waals surface area contributed by atoms with Gasteiger partial charge in [-0.2, -0.15) is 0 Å². The van der Waals surface area contributed by atoms with Crippen LogP contribution in [0, 0.1) is 0 Å². The fourth-order valence-corrected chi connectivity index (χ4v) is 1.44. The van der Waals surface area contributed by atoms with Crippen LogP contribution < -0.4 is 10.5 Å². The predicted octanol–water partition coefficient (Wildman–Crippen LogP) is 3.76. The van der Waals surface area contributed by atoms with Gasteiger partial charge >= 0.3 is 0 Å². The molecule has 1 aromatic carbocycles. The zero-order valence-corrected chi connectivity index (χ0v) is 9.66. The summed E-state index contributed by atoms with van der Waals surface area (Å²) < 4.78 is 5.54. The molecule has 0 aliphatic carbocycles. The van der Waals surface area contributed by atoms with Crippen LogP contribution in [0.25, 0.3) is 0 Å². The van der Waals surface area contributed by atoms with Gasteiger partial charge < -0.3 is 10.5 Å². The van der Waals surface area contributed by atoms with E-state index in [1.807, 2.05) is 0 Å². The number of nitrogens with zero attached hydrogens (tertiary/aromatic N) is 1. The summed E-state index contributed by atoms with van der Waals surface area (Å²) in [5.41, 5.74) is 6.16. The fraction of sp³-hybridized carbons (Fsp3) is 0. The third-order valence-corrected chi connectivity index (χ3v) is 2.67. The van der Waals surface area contributed by atoms with Crippen molar-refractivity contribution in [2.75, 3.05) is 5.73 Å². The Hall–Kier alpha value is -1.45. The van der Waals surface area contributed by atoms with E-state index in [1.54, 1.807) is 30.5 Å². The topological polar surface area (TPSA) is 48.1 Å². The Morgan fingerprint density at radius 2 is 1.94 bits per heavy atom. The summed E-state index contributed by atoms with van der Waals surface area (Å²) in [5.74, 6) is 1.11. The van der Waals surface area contributed by atoms with Crippen LogP contribution in [0.4, 0.5) is 5.69 Å². The number of benzene rings is 1. The first kappa shape index (κ1) is 11.0. The summed E-state index contributed by atoms with van der Waals surface area (Å²) in [6.07, 6.45) is 3.12. The number of rotatable bonds is 2. The van der Waals surface area contributed by atoms with Gasteiger partial charge in [0.1, 0.15) is 5.75 Å². The van der Waals surface area contributed by atoms with Crippen LogP contribution >= 0.6 is 23.2 Å². The number of hydrogen-bond acceptors (Lipinski definition) is 3. The SMILES string of the molecule is Nc1cnccc1Oc1ccc(Cl)c(Cl)c1. The van der Waals surface area contributed by atoms with Crippen LogP contribution in [-0.2, 0) is 0 Å². The molecule has 0 spiro atoms. The first-order valence-corrected chi connectivity index (χ1v) is 5.25. The Kier molecular flexibility index (Phi) is 3.17. The molecule has 0 fully saturated rings. The van der Waals surface area contributed by atoms with Gasteiger partial charge in [-0.25, -0.2) is 0 Å². The van der Waals surface area contributed by atoms with E-state index in [-0.39, 0.29) is 0 Å². The minimum Gasteiger partial charge on any atom is -0.455 e. The van der Waals surface area contributed by atoms with Crippen LogP contribution in [0.1, 0.15) is 0 Å². The number of hydrogen-bond donors (Lipinski definition) is 1. The summed E-state index contributed by atoms with van der Waals surface area (Å²) >= 11 is 11.7. The lowest BCUT2D eigenvalue weighted by Gasteiger charge is -2.08. The van der Waals surface area contributed by atoms with Crippen molar-refractivity contribution in [3.8, 4) is 11.5 Å². The number of halogens is 2. The largest absolute Gasteiger partial charge is 0.455 e. The van der Waals surface area contributed by atoms with Gasteiger partial charge in [0.2, 0.25) is 0 Å². The highest BCUT2D eigenvalue weighted by molar-refractivity contribution is 6.42. The van der Waals surface area contributed by atoms with Gasteiger partial charge in [0, 0.05) is 18.3 Å². The average molecular weight is 255 g/mol. The number of pyridine rings is 1. The molecule has 0 aliphatic heterocycles. The number of aromatic nitrogens is 1. The third kappa shape index (κ3) is 2.38. The van der Waals surface area contributed by atoms with Gasteiger partial charge in [-0.15, -0.1) is 0 Å². The summed E-state index contributed by atoms with van der Waals surface area (Å²) in [4.78, 5) is 3.87. The van der Waals surface area contributed by atoms with Gasteiger partial charge in [0.25, 0.3) is 0 Å². The molecule has 2 aromatic rings. The molecule has 1 heterocycles. The maximum atomic E-state index is 5.86. The number of ether oxygens (including phenoxy) is 1. The maximum Gasteiger partial charge on any atom is 0.153 e. The van der Waals surface area contributed by atoms with E-state index in [2.05, 4.69) is 4.98 Å². The third-order valence-electron chi connectivity index (χ3n) is 1.93. The normalized spacial score (nSPS) is 10.1. The van der Waals surface area contributed by atoms with Crippen molar-refractivity contribution in [2.24, 2.45) is 0 Å². The van der Waals surface area contributed by atoms with E-state index in [9.17, 15) is 0 Å².